The first-order chi connectivity index (χ1) is 15.0. The van der Waals surface area contributed by atoms with E-state index in [9.17, 15) is 14.0 Å². The van der Waals surface area contributed by atoms with Gasteiger partial charge in [0.25, 0.3) is 5.56 Å². The summed E-state index contributed by atoms with van der Waals surface area (Å²) in [6.45, 7) is 0.0996. The Morgan fingerprint density at radius 1 is 1.19 bits per heavy atom. The van der Waals surface area contributed by atoms with Gasteiger partial charge in [0.05, 0.1) is 11.3 Å². The van der Waals surface area contributed by atoms with E-state index < -0.39 is 5.92 Å². The second kappa shape index (κ2) is 9.06. The third-order valence-electron chi connectivity index (χ3n) is 4.86. The number of halogens is 1. The topological polar surface area (TPSA) is 84.1 Å². The fourth-order valence-electron chi connectivity index (χ4n) is 3.39. The predicted molar refractivity (Wildman–Crippen MR) is 117 cm³/mol. The molecule has 0 radical (unpaired) electrons. The van der Waals surface area contributed by atoms with Crippen LogP contribution in [0.25, 0.3) is 0 Å². The van der Waals surface area contributed by atoms with Crippen LogP contribution in [0.4, 0.5) is 10.2 Å². The van der Waals surface area contributed by atoms with Crippen molar-refractivity contribution in [3.63, 3.8) is 0 Å². The number of fused-ring (bicyclic) bond motifs is 1. The maximum absolute atomic E-state index is 13.7. The van der Waals surface area contributed by atoms with Crippen LogP contribution < -0.4 is 15.6 Å². The van der Waals surface area contributed by atoms with Crippen LogP contribution in [-0.4, -0.2) is 21.6 Å². The summed E-state index contributed by atoms with van der Waals surface area (Å²) in [6, 6.07) is 13.5. The molecule has 0 saturated carbocycles. The Morgan fingerprint density at radius 3 is 2.71 bits per heavy atom. The zero-order chi connectivity index (χ0) is 21.8. The molecule has 8 heteroatoms. The van der Waals surface area contributed by atoms with Crippen molar-refractivity contribution < 1.29 is 13.9 Å². The Kier molecular flexibility index (Phi) is 6.05. The van der Waals surface area contributed by atoms with E-state index in [4.69, 9.17) is 11.2 Å². The lowest BCUT2D eigenvalue weighted by Gasteiger charge is -2.24. The Balaban J connectivity index is 1.56. The quantitative estimate of drug-likeness (QED) is 0.351. The van der Waals surface area contributed by atoms with Gasteiger partial charge in [-0.25, -0.2) is 9.37 Å². The highest BCUT2D eigenvalue weighted by atomic mass is 32.2. The number of carbonyl (C=O) groups is 1. The van der Waals surface area contributed by atoms with Crippen molar-refractivity contribution in [2.75, 3.05) is 11.1 Å². The Morgan fingerprint density at radius 2 is 1.97 bits per heavy atom. The van der Waals surface area contributed by atoms with E-state index in [0.29, 0.717) is 27.8 Å². The molecule has 3 aromatic rings. The van der Waals surface area contributed by atoms with Crippen LogP contribution in [0.15, 0.2) is 58.5 Å². The molecule has 156 valence electrons. The summed E-state index contributed by atoms with van der Waals surface area (Å²) in [4.78, 5) is 32.0. The molecule has 2 N–H and O–H groups in total. The van der Waals surface area contributed by atoms with Crippen molar-refractivity contribution in [2.24, 2.45) is 0 Å². The Bertz CT molecular complexity index is 1220. The normalized spacial score (nSPS) is 15.0. The number of terminal acetylenes is 1. The number of benzene rings is 2. The van der Waals surface area contributed by atoms with Crippen LogP contribution in [0, 0.1) is 18.2 Å². The maximum Gasteiger partial charge on any atom is 0.257 e. The molecule has 31 heavy (non-hydrogen) atoms. The lowest BCUT2D eigenvalue weighted by atomic mass is 9.87. The molecule has 6 nitrogen and oxygen atoms in total. The molecule has 0 saturated heterocycles. The molecule has 1 unspecified atom stereocenters. The number of aromatic nitrogens is 2. The number of nitrogens with zero attached hydrogens (tertiary/aromatic N) is 1. The van der Waals surface area contributed by atoms with Gasteiger partial charge >= 0.3 is 0 Å². The Labute approximate surface area is 182 Å². The number of ether oxygens (including phenoxy) is 1. The van der Waals surface area contributed by atoms with E-state index in [0.717, 1.165) is 5.56 Å². The Hall–Kier alpha value is -3.57. The van der Waals surface area contributed by atoms with Crippen LogP contribution in [0.3, 0.4) is 0 Å². The van der Waals surface area contributed by atoms with Crippen molar-refractivity contribution in [1.29, 1.82) is 0 Å². The number of anilines is 1. The van der Waals surface area contributed by atoms with Crippen molar-refractivity contribution >= 4 is 23.5 Å². The first kappa shape index (κ1) is 20.7. The third kappa shape index (κ3) is 4.62. The van der Waals surface area contributed by atoms with Gasteiger partial charge in [0.15, 0.2) is 5.16 Å². The SMILES string of the molecule is C#CCSc1nc2c(c(=O)[nH]1)C(c1ccc(OCc3ccccc3F)cc1)CC(=O)N2. The average Bonchev–Trinajstić information content (AvgIpc) is 2.76. The molecule has 0 aliphatic carbocycles. The summed E-state index contributed by atoms with van der Waals surface area (Å²) in [5.41, 5.74) is 1.34. The highest BCUT2D eigenvalue weighted by Crippen LogP contribution is 2.35. The molecule has 0 fully saturated rings. The first-order valence-electron chi connectivity index (χ1n) is 9.51. The minimum atomic E-state index is -0.438. The molecule has 1 atom stereocenters. The zero-order valence-corrected chi connectivity index (χ0v) is 17.2. The largest absolute Gasteiger partial charge is 0.489 e. The van der Waals surface area contributed by atoms with E-state index in [1.165, 1.54) is 17.8 Å². The van der Waals surface area contributed by atoms with E-state index in [-0.39, 0.29) is 36.1 Å². The van der Waals surface area contributed by atoms with E-state index in [1.54, 1.807) is 42.5 Å². The van der Waals surface area contributed by atoms with Gasteiger partial charge in [0, 0.05) is 17.9 Å². The fourth-order valence-corrected chi connectivity index (χ4v) is 3.93. The van der Waals surface area contributed by atoms with E-state index in [1.807, 2.05) is 0 Å². The summed E-state index contributed by atoms with van der Waals surface area (Å²) < 4.78 is 19.4. The number of H-pyrrole nitrogens is 1. The number of carbonyl (C=O) groups excluding carboxylic acids is 1. The standard InChI is InChI=1S/C23H18FN3O3S/c1-2-11-31-23-26-21-20(22(29)27-23)17(12-19(28)25-21)14-7-9-16(10-8-14)30-13-15-5-3-4-6-18(15)24/h1,3-10,17H,11-13H2,(H2,25,26,27,28,29). The highest BCUT2D eigenvalue weighted by Gasteiger charge is 2.31. The van der Waals surface area contributed by atoms with Crippen LogP contribution in [0.2, 0.25) is 0 Å². The minimum absolute atomic E-state index is 0.0996. The summed E-state index contributed by atoms with van der Waals surface area (Å²) in [7, 11) is 0. The minimum Gasteiger partial charge on any atom is -0.489 e. The van der Waals surface area contributed by atoms with Crippen molar-refractivity contribution in [2.45, 2.75) is 24.1 Å². The zero-order valence-electron chi connectivity index (χ0n) is 16.4. The molecule has 1 aromatic heterocycles. The smallest absolute Gasteiger partial charge is 0.257 e. The third-order valence-corrected chi connectivity index (χ3v) is 5.63. The highest BCUT2D eigenvalue weighted by molar-refractivity contribution is 7.99. The number of nitrogens with one attached hydrogen (secondary N) is 2. The van der Waals surface area contributed by atoms with Crippen LogP contribution >= 0.6 is 11.8 Å². The average molecular weight is 435 g/mol. The second-order valence-corrected chi connectivity index (χ2v) is 7.84. The van der Waals surface area contributed by atoms with Gasteiger partial charge in [-0.15, -0.1) is 6.42 Å². The van der Waals surface area contributed by atoms with E-state index >= 15 is 0 Å². The molecule has 1 aliphatic heterocycles. The van der Waals surface area contributed by atoms with Gasteiger partial charge in [-0.3, -0.25) is 9.59 Å². The lowest BCUT2D eigenvalue weighted by molar-refractivity contribution is -0.116. The molecular formula is C23H18FN3O3S. The molecular weight excluding hydrogens is 417 g/mol. The number of hydrogen-bond acceptors (Lipinski definition) is 5. The van der Waals surface area contributed by atoms with Crippen molar-refractivity contribution in [3.05, 3.63) is 81.4 Å². The van der Waals surface area contributed by atoms with Crippen LogP contribution in [0.5, 0.6) is 5.75 Å². The van der Waals surface area contributed by atoms with E-state index in [2.05, 4.69) is 21.2 Å². The second-order valence-electron chi connectivity index (χ2n) is 6.88. The predicted octanol–water partition coefficient (Wildman–Crippen LogP) is 3.69. The summed E-state index contributed by atoms with van der Waals surface area (Å²) >= 11 is 1.21. The van der Waals surface area contributed by atoms with Gasteiger partial charge in [-0.1, -0.05) is 48.0 Å². The molecule has 1 amide bonds. The number of aromatic amines is 1. The molecule has 0 spiro atoms. The molecule has 2 heterocycles. The lowest BCUT2D eigenvalue weighted by Crippen LogP contribution is -2.31. The van der Waals surface area contributed by atoms with Gasteiger partial charge in [-0.2, -0.15) is 0 Å². The number of thioether (sulfide) groups is 1. The van der Waals surface area contributed by atoms with Gasteiger partial charge in [0.2, 0.25) is 5.91 Å². The number of hydrogen-bond donors (Lipinski definition) is 2. The van der Waals surface area contributed by atoms with Gasteiger partial charge in [-0.05, 0) is 23.8 Å². The van der Waals surface area contributed by atoms with Gasteiger partial charge < -0.3 is 15.0 Å². The number of rotatable bonds is 6. The summed E-state index contributed by atoms with van der Waals surface area (Å²) in [5, 5.41) is 3.04. The molecule has 4 rings (SSSR count). The molecule has 1 aliphatic rings. The fraction of sp³-hybridized carbons (Fsp3) is 0.174. The van der Waals surface area contributed by atoms with Crippen LogP contribution in [-0.2, 0) is 11.4 Å². The van der Waals surface area contributed by atoms with Crippen molar-refractivity contribution in [1.82, 2.24) is 9.97 Å². The monoisotopic (exact) mass is 435 g/mol. The van der Waals surface area contributed by atoms with Crippen molar-refractivity contribution in [3.8, 4) is 18.1 Å². The van der Waals surface area contributed by atoms with Gasteiger partial charge in [0.1, 0.15) is 24.0 Å². The number of amides is 1. The molecule has 0 bridgehead atoms. The first-order valence-corrected chi connectivity index (χ1v) is 10.5. The molecule has 2 aromatic carbocycles. The maximum atomic E-state index is 13.7. The van der Waals surface area contributed by atoms with Crippen LogP contribution in [0.1, 0.15) is 29.0 Å². The summed E-state index contributed by atoms with van der Waals surface area (Å²) in [5.74, 6) is 2.65. The summed E-state index contributed by atoms with van der Waals surface area (Å²) in [6.07, 6.45) is 5.39.